The average molecular weight is 450 g/mol. The number of benzene rings is 1. The van der Waals surface area contributed by atoms with Gasteiger partial charge in [-0.2, -0.15) is 0 Å². The highest BCUT2D eigenvalue weighted by Gasteiger charge is 2.45. The Labute approximate surface area is 196 Å². The fourth-order valence-corrected chi connectivity index (χ4v) is 5.80. The molecule has 0 spiro atoms. The van der Waals surface area contributed by atoms with E-state index < -0.39 is 5.41 Å². The first-order valence-corrected chi connectivity index (χ1v) is 12.3. The van der Waals surface area contributed by atoms with Gasteiger partial charge >= 0.3 is 0 Å². The van der Waals surface area contributed by atoms with Crippen LogP contribution < -0.4 is 5.32 Å². The molecule has 176 valence electrons. The molecular formula is C26H35N5O2. The van der Waals surface area contributed by atoms with Gasteiger partial charge in [-0.1, -0.05) is 30.3 Å². The van der Waals surface area contributed by atoms with Crippen molar-refractivity contribution in [1.82, 2.24) is 19.8 Å². The summed E-state index contributed by atoms with van der Waals surface area (Å²) in [7, 11) is 4.10. The molecule has 0 radical (unpaired) electrons. The molecule has 0 bridgehead atoms. The summed E-state index contributed by atoms with van der Waals surface area (Å²) in [6.07, 6.45) is 4.52. The molecule has 1 amide bonds. The number of fused-ring (bicyclic) bond motifs is 1. The lowest BCUT2D eigenvalue weighted by atomic mass is 9.72. The number of hydrogen-bond donors (Lipinski definition) is 1. The standard InChI is InChI=1S/C26H35N5O2/c1-27-24-21-10-14-31(18-22(21)28-23(29-24)19-7-6-13-30(2)17-19)25(32)26(11-15-33-16-12-26)20-8-4-3-5-9-20/h3-5,8-9,19H,6-7,10-18H2,1-2H3,(H,27,28,29). The van der Waals surface area contributed by atoms with Gasteiger partial charge in [0.2, 0.25) is 5.91 Å². The summed E-state index contributed by atoms with van der Waals surface area (Å²) in [5, 5.41) is 3.30. The number of ether oxygens (including phenoxy) is 1. The SMILES string of the molecule is CNc1nc(C2CCCN(C)C2)nc2c1CCN(C(=O)C1(c3ccccc3)CCOCC1)C2. The molecule has 7 heteroatoms. The molecule has 0 aliphatic carbocycles. The number of amides is 1. The third-order valence-corrected chi connectivity index (χ3v) is 7.68. The van der Waals surface area contributed by atoms with Crippen molar-refractivity contribution in [2.75, 3.05) is 52.3 Å². The quantitative estimate of drug-likeness (QED) is 0.774. The summed E-state index contributed by atoms with van der Waals surface area (Å²) in [5.41, 5.74) is 2.77. The van der Waals surface area contributed by atoms with Crippen LogP contribution in [-0.2, 0) is 27.9 Å². The number of hydrogen-bond acceptors (Lipinski definition) is 6. The first-order valence-electron chi connectivity index (χ1n) is 12.3. The molecule has 1 unspecified atom stereocenters. The van der Waals surface area contributed by atoms with Crippen LogP contribution >= 0.6 is 0 Å². The number of piperidine rings is 1. The predicted molar refractivity (Wildman–Crippen MR) is 128 cm³/mol. The van der Waals surface area contributed by atoms with Crippen LogP contribution in [0, 0.1) is 0 Å². The Morgan fingerprint density at radius 2 is 1.94 bits per heavy atom. The highest BCUT2D eigenvalue weighted by atomic mass is 16.5. The second-order valence-electron chi connectivity index (χ2n) is 9.74. The van der Waals surface area contributed by atoms with Gasteiger partial charge in [0.15, 0.2) is 0 Å². The van der Waals surface area contributed by atoms with Crippen LogP contribution in [0.1, 0.15) is 54.2 Å². The number of likely N-dealkylation sites (tertiary alicyclic amines) is 1. The van der Waals surface area contributed by atoms with E-state index >= 15 is 0 Å². The lowest BCUT2D eigenvalue weighted by Crippen LogP contribution is -2.51. The molecule has 1 aromatic carbocycles. The molecule has 1 N–H and O–H groups in total. The van der Waals surface area contributed by atoms with E-state index in [2.05, 4.69) is 29.4 Å². The molecule has 5 rings (SSSR count). The minimum Gasteiger partial charge on any atom is -0.381 e. The number of aromatic nitrogens is 2. The van der Waals surface area contributed by atoms with Gasteiger partial charge in [0.25, 0.3) is 0 Å². The second kappa shape index (κ2) is 9.39. The zero-order valence-corrected chi connectivity index (χ0v) is 19.8. The van der Waals surface area contributed by atoms with E-state index in [9.17, 15) is 4.79 Å². The molecule has 7 nitrogen and oxygen atoms in total. The maximum Gasteiger partial charge on any atom is 0.233 e. The van der Waals surface area contributed by atoms with Gasteiger partial charge in [0.05, 0.1) is 17.7 Å². The van der Waals surface area contributed by atoms with Gasteiger partial charge in [-0.05, 0) is 51.3 Å². The van der Waals surface area contributed by atoms with Crippen molar-refractivity contribution in [2.45, 2.75) is 50.0 Å². The fourth-order valence-electron chi connectivity index (χ4n) is 5.80. The Hall–Kier alpha value is -2.51. The first kappa shape index (κ1) is 22.3. The monoisotopic (exact) mass is 449 g/mol. The van der Waals surface area contributed by atoms with Crippen LogP contribution in [-0.4, -0.2) is 72.6 Å². The number of rotatable bonds is 4. The van der Waals surface area contributed by atoms with Gasteiger partial charge in [0.1, 0.15) is 11.6 Å². The van der Waals surface area contributed by atoms with Crippen molar-refractivity contribution in [2.24, 2.45) is 0 Å². The summed E-state index contributed by atoms with van der Waals surface area (Å²) < 4.78 is 5.66. The third kappa shape index (κ3) is 4.24. The topological polar surface area (TPSA) is 70.6 Å². The van der Waals surface area contributed by atoms with Crippen LogP contribution in [0.15, 0.2) is 30.3 Å². The minimum absolute atomic E-state index is 0.214. The van der Waals surface area contributed by atoms with Crippen LogP contribution in [0.25, 0.3) is 0 Å². The number of nitrogens with one attached hydrogen (secondary N) is 1. The Morgan fingerprint density at radius 3 is 2.67 bits per heavy atom. The van der Waals surface area contributed by atoms with E-state index in [1.165, 1.54) is 6.42 Å². The summed E-state index contributed by atoms with van der Waals surface area (Å²) in [6.45, 7) is 4.61. The number of anilines is 1. The summed E-state index contributed by atoms with van der Waals surface area (Å²) >= 11 is 0. The Balaban J connectivity index is 1.45. The fraction of sp³-hybridized carbons (Fsp3) is 0.577. The van der Waals surface area contributed by atoms with Crippen molar-refractivity contribution in [3.63, 3.8) is 0 Å². The number of likely N-dealkylation sites (N-methyl/N-ethyl adjacent to an activating group) is 1. The highest BCUT2D eigenvalue weighted by molar-refractivity contribution is 5.88. The average Bonchev–Trinajstić information content (AvgIpc) is 2.88. The van der Waals surface area contributed by atoms with Crippen molar-refractivity contribution < 1.29 is 9.53 Å². The molecule has 1 aromatic heterocycles. The first-order chi connectivity index (χ1) is 16.1. The molecule has 33 heavy (non-hydrogen) atoms. The third-order valence-electron chi connectivity index (χ3n) is 7.68. The van der Waals surface area contributed by atoms with Crippen LogP contribution in [0.3, 0.4) is 0 Å². The lowest BCUT2D eigenvalue weighted by Gasteiger charge is -2.41. The Kier molecular flexibility index (Phi) is 6.34. The molecular weight excluding hydrogens is 414 g/mol. The molecule has 1 atom stereocenters. The molecule has 2 fully saturated rings. The van der Waals surface area contributed by atoms with Crippen LogP contribution in [0.4, 0.5) is 5.82 Å². The van der Waals surface area contributed by atoms with Crippen molar-refractivity contribution in [1.29, 1.82) is 0 Å². The number of carbonyl (C=O) groups is 1. The van der Waals surface area contributed by atoms with Gasteiger partial charge in [-0.15, -0.1) is 0 Å². The number of carbonyl (C=O) groups excluding carboxylic acids is 1. The maximum absolute atomic E-state index is 14.1. The van der Waals surface area contributed by atoms with Crippen LogP contribution in [0.5, 0.6) is 0 Å². The molecule has 2 aromatic rings. The van der Waals surface area contributed by atoms with E-state index in [0.29, 0.717) is 32.2 Å². The maximum atomic E-state index is 14.1. The molecule has 3 aliphatic rings. The Morgan fingerprint density at radius 1 is 1.15 bits per heavy atom. The largest absolute Gasteiger partial charge is 0.381 e. The van der Waals surface area contributed by atoms with Crippen molar-refractivity contribution >= 4 is 11.7 Å². The van der Waals surface area contributed by atoms with E-state index in [0.717, 1.165) is 67.2 Å². The van der Waals surface area contributed by atoms with E-state index in [-0.39, 0.29) is 5.91 Å². The van der Waals surface area contributed by atoms with Crippen molar-refractivity contribution in [3.05, 3.63) is 53.0 Å². The van der Waals surface area contributed by atoms with Crippen molar-refractivity contribution in [3.8, 4) is 0 Å². The second-order valence-corrected chi connectivity index (χ2v) is 9.74. The van der Waals surface area contributed by atoms with E-state index in [1.54, 1.807) is 0 Å². The number of nitrogens with zero attached hydrogens (tertiary/aromatic N) is 4. The van der Waals surface area contributed by atoms with Crippen LogP contribution in [0.2, 0.25) is 0 Å². The molecule has 4 heterocycles. The minimum atomic E-state index is -0.509. The smallest absolute Gasteiger partial charge is 0.233 e. The zero-order chi connectivity index (χ0) is 22.8. The molecule has 3 aliphatic heterocycles. The van der Waals surface area contributed by atoms with E-state index in [1.807, 2.05) is 30.1 Å². The van der Waals surface area contributed by atoms with Gasteiger partial charge in [-0.25, -0.2) is 9.97 Å². The summed E-state index contributed by atoms with van der Waals surface area (Å²) in [4.78, 5) is 28.4. The van der Waals surface area contributed by atoms with Gasteiger partial charge in [-0.3, -0.25) is 4.79 Å². The molecule has 0 saturated carbocycles. The van der Waals surface area contributed by atoms with Gasteiger partial charge in [0, 0.05) is 44.8 Å². The van der Waals surface area contributed by atoms with Gasteiger partial charge < -0.3 is 19.9 Å². The molecule has 2 saturated heterocycles. The summed E-state index contributed by atoms with van der Waals surface area (Å²) in [6, 6.07) is 10.3. The summed E-state index contributed by atoms with van der Waals surface area (Å²) in [5.74, 6) is 2.41. The van der Waals surface area contributed by atoms with E-state index in [4.69, 9.17) is 14.7 Å². The zero-order valence-electron chi connectivity index (χ0n) is 19.8. The highest BCUT2D eigenvalue weighted by Crippen LogP contribution is 2.38. The normalized spacial score (nSPS) is 23.1. The Bertz CT molecular complexity index is 990. The predicted octanol–water partition coefficient (Wildman–Crippen LogP) is 2.96. The lowest BCUT2D eigenvalue weighted by molar-refractivity contribution is -0.142.